The zero-order valence-electron chi connectivity index (χ0n) is 8.70. The van der Waals surface area contributed by atoms with Gasteiger partial charge in [0.05, 0.1) is 6.26 Å². The van der Waals surface area contributed by atoms with Crippen LogP contribution in [0.15, 0.2) is 50.8 Å². The zero-order valence-corrected chi connectivity index (χ0v) is 8.70. The Labute approximate surface area is 90.7 Å². The molecule has 0 spiro atoms. The van der Waals surface area contributed by atoms with Gasteiger partial charge in [0.1, 0.15) is 5.76 Å². The van der Waals surface area contributed by atoms with Crippen LogP contribution in [0.3, 0.4) is 0 Å². The van der Waals surface area contributed by atoms with Gasteiger partial charge in [0, 0.05) is 5.56 Å². The van der Waals surface area contributed by atoms with E-state index < -0.39 is 0 Å². The van der Waals surface area contributed by atoms with Gasteiger partial charge in [-0.1, -0.05) is 50.6 Å². The lowest BCUT2D eigenvalue weighted by atomic mass is 10.0. The number of benzene rings is 1. The average Bonchev–Trinajstić information content (AvgIpc) is 2.28. The third-order valence-electron chi connectivity index (χ3n) is 2.06. The van der Waals surface area contributed by atoms with Gasteiger partial charge in [-0.3, -0.25) is 0 Å². The molecule has 0 N–H and O–H groups in total. The molecule has 0 saturated heterocycles. The number of ether oxygens (including phenoxy) is 1. The van der Waals surface area contributed by atoms with Gasteiger partial charge in [0.25, 0.3) is 0 Å². The van der Waals surface area contributed by atoms with Gasteiger partial charge in [-0.25, -0.2) is 0 Å². The summed E-state index contributed by atoms with van der Waals surface area (Å²) in [6, 6.07) is 5.88. The van der Waals surface area contributed by atoms with Crippen LogP contribution in [-0.2, 0) is 4.74 Å². The summed E-state index contributed by atoms with van der Waals surface area (Å²) in [7, 11) is 0. The smallest absolute Gasteiger partial charge is 0.127 e. The van der Waals surface area contributed by atoms with Crippen molar-refractivity contribution in [3.63, 3.8) is 0 Å². The summed E-state index contributed by atoms with van der Waals surface area (Å²) in [5.41, 5.74) is 2.90. The first kappa shape index (κ1) is 11.1. The molecule has 0 saturated carbocycles. The van der Waals surface area contributed by atoms with Gasteiger partial charge in [-0.15, -0.1) is 0 Å². The summed E-state index contributed by atoms with van der Waals surface area (Å²) < 4.78 is 5.16. The molecule has 1 aromatic carbocycles. The van der Waals surface area contributed by atoms with Gasteiger partial charge < -0.3 is 4.74 Å². The Kier molecular flexibility index (Phi) is 3.69. The van der Waals surface area contributed by atoms with E-state index in [2.05, 4.69) is 26.3 Å². The molecule has 15 heavy (non-hydrogen) atoms. The number of hydrogen-bond donors (Lipinski definition) is 0. The molecule has 76 valence electrons. The fourth-order valence-corrected chi connectivity index (χ4v) is 1.28. The zero-order chi connectivity index (χ0) is 11.3. The number of hydrogen-bond acceptors (Lipinski definition) is 1. The Morgan fingerprint density at radius 1 is 1.13 bits per heavy atom. The van der Waals surface area contributed by atoms with Gasteiger partial charge in [0.2, 0.25) is 0 Å². The molecule has 1 nitrogen and oxygen atoms in total. The van der Waals surface area contributed by atoms with E-state index in [1.54, 1.807) is 12.2 Å². The highest BCUT2D eigenvalue weighted by molar-refractivity contribution is 5.71. The molecule has 0 radical (unpaired) electrons. The minimum absolute atomic E-state index is 0.559. The molecular weight excluding hydrogens is 184 g/mol. The van der Waals surface area contributed by atoms with Crippen molar-refractivity contribution in [3.8, 4) is 0 Å². The maximum atomic E-state index is 5.16. The van der Waals surface area contributed by atoms with Crippen molar-refractivity contribution in [2.75, 3.05) is 0 Å². The minimum atomic E-state index is 0.559. The first-order chi connectivity index (χ1) is 7.22. The van der Waals surface area contributed by atoms with Gasteiger partial charge in [-0.2, -0.15) is 0 Å². The van der Waals surface area contributed by atoms with Crippen molar-refractivity contribution in [1.82, 2.24) is 0 Å². The highest BCUT2D eigenvalue weighted by Gasteiger charge is 2.04. The first-order valence-electron chi connectivity index (χ1n) is 4.58. The highest BCUT2D eigenvalue weighted by Crippen LogP contribution is 2.22. The summed E-state index contributed by atoms with van der Waals surface area (Å²) >= 11 is 0. The van der Waals surface area contributed by atoms with Gasteiger partial charge in [0.15, 0.2) is 0 Å². The fourth-order valence-electron chi connectivity index (χ4n) is 1.28. The first-order valence-corrected chi connectivity index (χ1v) is 4.58. The Hall–Kier alpha value is -2.02. The lowest BCUT2D eigenvalue weighted by Crippen LogP contribution is -1.90. The second-order valence-electron chi connectivity index (χ2n) is 2.96. The van der Waals surface area contributed by atoms with Crippen molar-refractivity contribution >= 4 is 17.9 Å². The lowest BCUT2D eigenvalue weighted by molar-refractivity contribution is 0.440. The van der Waals surface area contributed by atoms with E-state index in [0.717, 1.165) is 16.7 Å². The molecule has 1 heteroatoms. The van der Waals surface area contributed by atoms with Crippen molar-refractivity contribution in [2.24, 2.45) is 0 Å². The molecule has 0 fully saturated rings. The monoisotopic (exact) mass is 198 g/mol. The summed E-state index contributed by atoms with van der Waals surface area (Å²) in [4.78, 5) is 0. The molecule has 0 aliphatic rings. The topological polar surface area (TPSA) is 9.23 Å². The standard InChI is InChI=1S/C14H14O/c1-5-12-8-9-13(6-2)14(10-12)11(4)15-7-3/h5-10H,1-4H2. The summed E-state index contributed by atoms with van der Waals surface area (Å²) in [5.74, 6) is 0.559. The maximum Gasteiger partial charge on any atom is 0.127 e. The molecule has 0 bridgehead atoms. The third-order valence-corrected chi connectivity index (χ3v) is 2.06. The van der Waals surface area contributed by atoms with Crippen LogP contribution in [0.25, 0.3) is 17.9 Å². The molecule has 0 unspecified atom stereocenters. The van der Waals surface area contributed by atoms with E-state index in [1.165, 1.54) is 6.26 Å². The van der Waals surface area contributed by atoms with Crippen molar-refractivity contribution in [2.45, 2.75) is 0 Å². The molecule has 0 atom stereocenters. The van der Waals surface area contributed by atoms with Crippen molar-refractivity contribution in [3.05, 3.63) is 67.5 Å². The highest BCUT2D eigenvalue weighted by atomic mass is 16.5. The van der Waals surface area contributed by atoms with Crippen LogP contribution < -0.4 is 0 Å². The quantitative estimate of drug-likeness (QED) is 0.647. The minimum Gasteiger partial charge on any atom is -0.466 e. The van der Waals surface area contributed by atoms with Crippen LogP contribution in [0.5, 0.6) is 0 Å². The predicted molar refractivity (Wildman–Crippen MR) is 66.9 cm³/mol. The molecule has 1 aromatic rings. The largest absolute Gasteiger partial charge is 0.466 e. The molecule has 0 aliphatic heterocycles. The normalized spacial score (nSPS) is 9.07. The number of rotatable bonds is 5. The van der Waals surface area contributed by atoms with E-state index in [9.17, 15) is 0 Å². The molecule has 0 heterocycles. The van der Waals surface area contributed by atoms with Gasteiger partial charge in [-0.05, 0) is 17.2 Å². The molecule has 1 rings (SSSR count). The average molecular weight is 198 g/mol. The van der Waals surface area contributed by atoms with Crippen LogP contribution >= 0.6 is 0 Å². The molecular formula is C14H14O. The van der Waals surface area contributed by atoms with Crippen LogP contribution in [0.2, 0.25) is 0 Å². The second-order valence-corrected chi connectivity index (χ2v) is 2.96. The Morgan fingerprint density at radius 3 is 2.40 bits per heavy atom. The Balaban J connectivity index is 3.22. The van der Waals surface area contributed by atoms with Crippen molar-refractivity contribution in [1.29, 1.82) is 0 Å². The maximum absolute atomic E-state index is 5.16. The SMILES string of the molecule is C=COC(=C)c1cc(C=C)ccc1C=C. The van der Waals surface area contributed by atoms with E-state index >= 15 is 0 Å². The van der Waals surface area contributed by atoms with Crippen LogP contribution in [0, 0.1) is 0 Å². The van der Waals surface area contributed by atoms with E-state index in [-0.39, 0.29) is 0 Å². The van der Waals surface area contributed by atoms with Crippen molar-refractivity contribution < 1.29 is 4.74 Å². The van der Waals surface area contributed by atoms with Gasteiger partial charge >= 0.3 is 0 Å². The summed E-state index contributed by atoms with van der Waals surface area (Å²) in [6.45, 7) is 14.8. The molecule has 0 aromatic heterocycles. The van der Waals surface area contributed by atoms with E-state index in [1.807, 2.05) is 18.2 Å². The lowest BCUT2D eigenvalue weighted by Gasteiger charge is -2.09. The summed E-state index contributed by atoms with van der Waals surface area (Å²) in [5, 5.41) is 0. The van der Waals surface area contributed by atoms with Crippen LogP contribution in [-0.4, -0.2) is 0 Å². The third kappa shape index (κ3) is 2.47. The predicted octanol–water partition coefficient (Wildman–Crippen LogP) is 4.10. The fraction of sp³-hybridized carbons (Fsp3) is 0. The van der Waals surface area contributed by atoms with E-state index in [0.29, 0.717) is 5.76 Å². The molecule has 0 aliphatic carbocycles. The van der Waals surface area contributed by atoms with Crippen LogP contribution in [0.1, 0.15) is 16.7 Å². The van der Waals surface area contributed by atoms with E-state index in [4.69, 9.17) is 4.74 Å². The Morgan fingerprint density at radius 2 is 1.87 bits per heavy atom. The second kappa shape index (κ2) is 5.01. The summed E-state index contributed by atoms with van der Waals surface area (Å²) in [6.07, 6.45) is 4.90. The van der Waals surface area contributed by atoms with Crippen LogP contribution in [0.4, 0.5) is 0 Å². The Bertz CT molecular complexity index is 413. The molecule has 0 amide bonds.